The maximum Gasteiger partial charge on any atom is 0.595 e. The van der Waals surface area contributed by atoms with E-state index in [1.807, 2.05) is 6.92 Å². The fourth-order valence-corrected chi connectivity index (χ4v) is 0.157. The molecule has 2 N–H and O–H groups in total. The van der Waals surface area contributed by atoms with Gasteiger partial charge >= 0.3 is 6.03 Å². The molecule has 0 heterocycles. The monoisotopic (exact) mass is 99.1 g/mol. The number of nitrogens with zero attached hydrogens (tertiary/aromatic N) is 1. The van der Waals surface area contributed by atoms with Crippen molar-refractivity contribution in [1.82, 2.24) is 0 Å². The normalized spacial score (nSPS) is 6.43. The molecule has 3 nitrogen and oxygen atoms in total. The Hall–Kier alpha value is -1.04. The highest BCUT2D eigenvalue weighted by molar-refractivity contribution is 5.82. The minimum Gasteiger partial charge on any atom is -0.235 e. The number of rotatable bonds is 0. The van der Waals surface area contributed by atoms with Crippen LogP contribution in [0.1, 0.15) is 13.3 Å². The Balaban J connectivity index is 3.45. The molecule has 0 spiro atoms. The number of carbonyl (C=O) groups excluding carboxylic acids is 1. The number of hydrogen-bond acceptors (Lipinski definition) is 1. The van der Waals surface area contributed by atoms with Crippen molar-refractivity contribution in [3.63, 3.8) is 0 Å². The standard InChI is InChI=1S/C4H6N2O/c1-2-3-6-4(5)7/h2H2,1H3,(H-,5,7)/p+1. The van der Waals surface area contributed by atoms with Crippen molar-refractivity contribution in [2.45, 2.75) is 13.3 Å². The zero-order valence-electron chi connectivity index (χ0n) is 4.14. The van der Waals surface area contributed by atoms with Crippen molar-refractivity contribution >= 4 is 6.03 Å². The van der Waals surface area contributed by atoms with E-state index in [0.717, 1.165) is 0 Å². The smallest absolute Gasteiger partial charge is 0.235 e. The first-order valence-corrected chi connectivity index (χ1v) is 2.00. The van der Waals surface area contributed by atoms with Crippen LogP contribution in [0.3, 0.4) is 0 Å². The van der Waals surface area contributed by atoms with E-state index in [4.69, 9.17) is 0 Å². The lowest BCUT2D eigenvalue weighted by Crippen LogP contribution is -1.99. The lowest BCUT2D eigenvalue weighted by Gasteiger charge is -1.56. The van der Waals surface area contributed by atoms with Crippen LogP contribution < -0.4 is 5.73 Å². The van der Waals surface area contributed by atoms with E-state index in [2.05, 4.69) is 16.6 Å². The second-order valence-electron chi connectivity index (χ2n) is 0.962. The molecule has 0 rings (SSSR count). The molecular formula is C4H7N2O+. The molecule has 0 saturated heterocycles. The van der Waals surface area contributed by atoms with Crippen molar-refractivity contribution < 1.29 is 4.79 Å². The van der Waals surface area contributed by atoms with E-state index >= 15 is 0 Å². The fourth-order valence-electron chi connectivity index (χ4n) is 0.157. The zero-order chi connectivity index (χ0) is 5.70. The van der Waals surface area contributed by atoms with Crippen LogP contribution in [0.15, 0.2) is 0 Å². The number of nitrogens with two attached hydrogens (primary N) is 1. The Morgan fingerprint density at radius 2 is 2.57 bits per heavy atom. The SMILES string of the molecule is CCC#[N+]C(N)=O. The number of hydrogen-bond donors (Lipinski definition) is 1. The first-order chi connectivity index (χ1) is 3.27. The van der Waals surface area contributed by atoms with Crippen LogP contribution in [0.25, 0.3) is 4.85 Å². The van der Waals surface area contributed by atoms with Crippen LogP contribution in [-0.2, 0) is 0 Å². The molecule has 0 aliphatic heterocycles. The van der Waals surface area contributed by atoms with E-state index in [0.29, 0.717) is 6.42 Å². The van der Waals surface area contributed by atoms with E-state index < -0.39 is 6.03 Å². The average molecular weight is 99.1 g/mol. The number of carbonyl (C=O) groups is 1. The molecule has 0 fully saturated rings. The molecule has 0 aromatic heterocycles. The minimum atomic E-state index is -0.679. The second-order valence-corrected chi connectivity index (χ2v) is 0.962. The third-order valence-electron chi connectivity index (χ3n) is 0.347. The van der Waals surface area contributed by atoms with Gasteiger partial charge in [-0.15, -0.1) is 4.85 Å². The Kier molecular flexibility index (Phi) is 2.69. The fraction of sp³-hybridized carbons (Fsp3) is 0.500. The lowest BCUT2D eigenvalue weighted by molar-refractivity contribution is 0.261. The Labute approximate surface area is 41.9 Å². The highest BCUT2D eigenvalue weighted by Gasteiger charge is 1.90. The Morgan fingerprint density at radius 1 is 2.00 bits per heavy atom. The predicted molar refractivity (Wildman–Crippen MR) is 27.1 cm³/mol. The molecule has 0 aliphatic rings. The van der Waals surface area contributed by atoms with Gasteiger partial charge in [0.25, 0.3) is 0 Å². The highest BCUT2D eigenvalue weighted by atomic mass is 16.2. The minimum absolute atomic E-state index is 0.628. The van der Waals surface area contributed by atoms with Crippen LogP contribution in [0.4, 0.5) is 4.79 Å². The summed E-state index contributed by atoms with van der Waals surface area (Å²) in [6.45, 7) is 1.83. The molecule has 7 heavy (non-hydrogen) atoms. The first-order valence-electron chi connectivity index (χ1n) is 2.00. The van der Waals surface area contributed by atoms with Gasteiger partial charge in [-0.25, -0.2) is 5.73 Å². The summed E-state index contributed by atoms with van der Waals surface area (Å²) in [6.07, 6.45) is 0.628. The highest BCUT2D eigenvalue weighted by Crippen LogP contribution is 1.70. The van der Waals surface area contributed by atoms with Gasteiger partial charge in [-0.3, -0.25) is 0 Å². The zero-order valence-corrected chi connectivity index (χ0v) is 4.14. The van der Waals surface area contributed by atoms with E-state index in [9.17, 15) is 4.79 Å². The van der Waals surface area contributed by atoms with Crippen LogP contribution >= 0.6 is 0 Å². The van der Waals surface area contributed by atoms with Crippen molar-refractivity contribution in [2.24, 2.45) is 5.73 Å². The Morgan fingerprint density at radius 3 is 2.71 bits per heavy atom. The van der Waals surface area contributed by atoms with Gasteiger partial charge < -0.3 is 0 Å². The van der Waals surface area contributed by atoms with Crippen LogP contribution in [0.2, 0.25) is 0 Å². The topological polar surface area (TPSA) is 47.5 Å². The average Bonchev–Trinajstić information content (AvgIpc) is 1.61. The molecule has 3 heteroatoms. The summed E-state index contributed by atoms with van der Waals surface area (Å²) in [7, 11) is 0. The summed E-state index contributed by atoms with van der Waals surface area (Å²) in [5, 5.41) is 0. The molecule has 0 aliphatic carbocycles. The van der Waals surface area contributed by atoms with E-state index in [1.165, 1.54) is 0 Å². The van der Waals surface area contributed by atoms with Gasteiger partial charge in [-0.2, -0.15) is 4.79 Å². The molecule has 0 aromatic carbocycles. The summed E-state index contributed by atoms with van der Waals surface area (Å²) < 4.78 is 0. The summed E-state index contributed by atoms with van der Waals surface area (Å²) in [6, 6.07) is 1.72. The van der Waals surface area contributed by atoms with Crippen molar-refractivity contribution in [2.75, 3.05) is 0 Å². The predicted octanol–water partition coefficient (Wildman–Crippen LogP) is 0.808. The molecule has 2 amide bonds. The maximum atomic E-state index is 9.75. The number of amides is 2. The maximum absolute atomic E-state index is 9.75. The molecular weight excluding hydrogens is 92.1 g/mol. The van der Waals surface area contributed by atoms with Crippen LogP contribution in [0.5, 0.6) is 0 Å². The summed E-state index contributed by atoms with van der Waals surface area (Å²) in [5.41, 5.74) is 4.61. The van der Waals surface area contributed by atoms with Gasteiger partial charge in [-0.1, -0.05) is 6.92 Å². The quantitative estimate of drug-likeness (QED) is 0.480. The van der Waals surface area contributed by atoms with Crippen molar-refractivity contribution in [3.05, 3.63) is 4.85 Å². The van der Waals surface area contributed by atoms with Crippen LogP contribution in [-0.4, -0.2) is 6.03 Å². The summed E-state index contributed by atoms with van der Waals surface area (Å²) >= 11 is 0. The molecule has 0 aromatic rings. The number of urea groups is 1. The van der Waals surface area contributed by atoms with E-state index in [1.54, 1.807) is 0 Å². The molecule has 0 bridgehead atoms. The Bertz CT molecular complexity index is 119. The van der Waals surface area contributed by atoms with Gasteiger partial charge in [0.15, 0.2) is 6.07 Å². The van der Waals surface area contributed by atoms with Crippen molar-refractivity contribution in [3.8, 4) is 6.07 Å². The third kappa shape index (κ3) is 4.96. The second kappa shape index (κ2) is 3.16. The molecule has 38 valence electrons. The molecule has 0 saturated carbocycles. The third-order valence-corrected chi connectivity index (χ3v) is 0.347. The van der Waals surface area contributed by atoms with Gasteiger partial charge in [0.05, 0.1) is 6.42 Å². The molecule has 0 atom stereocenters. The lowest BCUT2D eigenvalue weighted by atomic mass is 10.6. The van der Waals surface area contributed by atoms with Gasteiger partial charge in [-0.05, 0) is 0 Å². The van der Waals surface area contributed by atoms with Crippen molar-refractivity contribution in [1.29, 1.82) is 0 Å². The largest absolute Gasteiger partial charge is 0.595 e. The van der Waals surface area contributed by atoms with E-state index in [-0.39, 0.29) is 0 Å². The van der Waals surface area contributed by atoms with Gasteiger partial charge in [0.2, 0.25) is 0 Å². The van der Waals surface area contributed by atoms with Crippen LogP contribution in [0, 0.1) is 6.07 Å². The first kappa shape index (κ1) is 5.96. The summed E-state index contributed by atoms with van der Waals surface area (Å²) in [5.74, 6) is 0. The molecule has 0 unspecified atom stereocenters. The van der Waals surface area contributed by atoms with Gasteiger partial charge in [0.1, 0.15) is 0 Å². The number of primary amides is 1. The van der Waals surface area contributed by atoms with Gasteiger partial charge in [0, 0.05) is 0 Å². The molecule has 0 radical (unpaired) electrons. The summed E-state index contributed by atoms with van der Waals surface area (Å²) in [4.78, 5) is 12.9.